The van der Waals surface area contributed by atoms with E-state index in [4.69, 9.17) is 10.5 Å². The topological polar surface area (TPSA) is 64.3 Å². The van der Waals surface area contributed by atoms with Gasteiger partial charge in [0.1, 0.15) is 5.75 Å². The molecule has 0 radical (unpaired) electrons. The molecule has 0 saturated carbocycles. The Hall–Kier alpha value is -1.71. The maximum Gasteiger partial charge on any atom is 0.251 e. The Morgan fingerprint density at radius 3 is 2.79 bits per heavy atom. The number of nitrogens with two attached hydrogens (primary N) is 1. The highest BCUT2D eigenvalue weighted by Gasteiger charge is 2.09. The van der Waals surface area contributed by atoms with Crippen LogP contribution in [0, 0.1) is 5.92 Å². The molecule has 1 amide bonds. The SMILES string of the molecule is CCCOc1cc(C(=O)NCCC(C)C)ccc1N. The van der Waals surface area contributed by atoms with Crippen LogP contribution in [0.2, 0.25) is 0 Å². The maximum atomic E-state index is 12.0. The fraction of sp³-hybridized carbons (Fsp3) is 0.533. The van der Waals surface area contributed by atoms with Crippen LogP contribution in [-0.4, -0.2) is 19.1 Å². The van der Waals surface area contributed by atoms with Crippen molar-refractivity contribution in [1.29, 1.82) is 0 Å². The third-order valence-electron chi connectivity index (χ3n) is 2.74. The van der Waals surface area contributed by atoms with E-state index in [0.29, 0.717) is 36.1 Å². The molecule has 0 aliphatic carbocycles. The summed E-state index contributed by atoms with van der Waals surface area (Å²) in [7, 11) is 0. The maximum absolute atomic E-state index is 12.0. The van der Waals surface area contributed by atoms with Gasteiger partial charge >= 0.3 is 0 Å². The lowest BCUT2D eigenvalue weighted by Crippen LogP contribution is -2.25. The molecule has 0 aromatic heterocycles. The number of carbonyl (C=O) groups is 1. The molecule has 1 aromatic rings. The molecule has 0 atom stereocenters. The van der Waals surface area contributed by atoms with Crippen LogP contribution < -0.4 is 15.8 Å². The summed E-state index contributed by atoms with van der Waals surface area (Å²) in [5, 5.41) is 2.90. The smallest absolute Gasteiger partial charge is 0.251 e. The van der Waals surface area contributed by atoms with Gasteiger partial charge in [-0.2, -0.15) is 0 Å². The fourth-order valence-corrected chi connectivity index (χ4v) is 1.59. The van der Waals surface area contributed by atoms with Gasteiger partial charge < -0.3 is 15.8 Å². The second kappa shape index (κ2) is 7.67. The van der Waals surface area contributed by atoms with Crippen molar-refractivity contribution in [3.63, 3.8) is 0 Å². The average Bonchev–Trinajstić information content (AvgIpc) is 2.37. The number of nitrogen functional groups attached to an aromatic ring is 1. The molecule has 3 N–H and O–H groups in total. The van der Waals surface area contributed by atoms with E-state index >= 15 is 0 Å². The molecule has 1 aromatic carbocycles. The van der Waals surface area contributed by atoms with Crippen molar-refractivity contribution in [2.75, 3.05) is 18.9 Å². The first-order chi connectivity index (χ1) is 9.04. The zero-order chi connectivity index (χ0) is 14.3. The highest BCUT2D eigenvalue weighted by molar-refractivity contribution is 5.95. The van der Waals surface area contributed by atoms with Crippen molar-refractivity contribution in [2.45, 2.75) is 33.6 Å². The minimum Gasteiger partial charge on any atom is -0.491 e. The Morgan fingerprint density at radius 2 is 2.16 bits per heavy atom. The Labute approximate surface area is 115 Å². The van der Waals surface area contributed by atoms with Crippen molar-refractivity contribution in [3.8, 4) is 5.75 Å². The summed E-state index contributed by atoms with van der Waals surface area (Å²) in [6, 6.07) is 5.14. The van der Waals surface area contributed by atoms with Crippen LogP contribution in [0.3, 0.4) is 0 Å². The van der Waals surface area contributed by atoms with Gasteiger partial charge in [0.25, 0.3) is 5.91 Å². The summed E-state index contributed by atoms with van der Waals surface area (Å²) in [4.78, 5) is 12.0. The van der Waals surface area contributed by atoms with E-state index in [1.54, 1.807) is 18.2 Å². The summed E-state index contributed by atoms with van der Waals surface area (Å²) >= 11 is 0. The number of ether oxygens (including phenoxy) is 1. The standard InChI is InChI=1S/C15H24N2O2/c1-4-9-19-14-10-12(5-6-13(14)16)15(18)17-8-7-11(2)3/h5-6,10-11H,4,7-9,16H2,1-3H3,(H,17,18). The molecular weight excluding hydrogens is 240 g/mol. The van der Waals surface area contributed by atoms with Crippen LogP contribution in [0.25, 0.3) is 0 Å². The van der Waals surface area contributed by atoms with Crippen LogP contribution in [0.5, 0.6) is 5.75 Å². The molecule has 1 rings (SSSR count). The highest BCUT2D eigenvalue weighted by atomic mass is 16.5. The molecule has 0 aliphatic heterocycles. The molecule has 4 nitrogen and oxygen atoms in total. The lowest BCUT2D eigenvalue weighted by atomic mass is 10.1. The average molecular weight is 264 g/mol. The zero-order valence-corrected chi connectivity index (χ0v) is 12.0. The summed E-state index contributed by atoms with van der Waals surface area (Å²) < 4.78 is 5.51. The Bertz CT molecular complexity index is 417. The predicted molar refractivity (Wildman–Crippen MR) is 78.4 cm³/mol. The minimum absolute atomic E-state index is 0.0815. The first-order valence-corrected chi connectivity index (χ1v) is 6.85. The molecule has 0 fully saturated rings. The Morgan fingerprint density at radius 1 is 1.42 bits per heavy atom. The van der Waals surface area contributed by atoms with Gasteiger partial charge in [0.15, 0.2) is 0 Å². The van der Waals surface area contributed by atoms with E-state index < -0.39 is 0 Å². The summed E-state index contributed by atoms with van der Waals surface area (Å²) in [6.45, 7) is 7.57. The molecule has 0 unspecified atom stereocenters. The quantitative estimate of drug-likeness (QED) is 0.744. The van der Waals surface area contributed by atoms with Crippen molar-refractivity contribution in [2.24, 2.45) is 5.92 Å². The second-order valence-corrected chi connectivity index (χ2v) is 5.04. The van der Waals surface area contributed by atoms with E-state index in [9.17, 15) is 4.79 Å². The van der Waals surface area contributed by atoms with E-state index in [0.717, 1.165) is 12.8 Å². The third-order valence-corrected chi connectivity index (χ3v) is 2.74. The number of carbonyl (C=O) groups excluding carboxylic acids is 1. The van der Waals surface area contributed by atoms with Crippen LogP contribution in [0.15, 0.2) is 18.2 Å². The van der Waals surface area contributed by atoms with Gasteiger partial charge in [0, 0.05) is 12.1 Å². The number of amides is 1. The summed E-state index contributed by atoms with van der Waals surface area (Å²) in [5.74, 6) is 1.08. The van der Waals surface area contributed by atoms with Crippen molar-refractivity contribution >= 4 is 11.6 Å². The van der Waals surface area contributed by atoms with E-state index in [1.165, 1.54) is 0 Å². The number of benzene rings is 1. The van der Waals surface area contributed by atoms with Gasteiger partial charge in [-0.05, 0) is 37.0 Å². The van der Waals surface area contributed by atoms with Crippen LogP contribution in [0.4, 0.5) is 5.69 Å². The highest BCUT2D eigenvalue weighted by Crippen LogP contribution is 2.22. The molecule has 0 saturated heterocycles. The van der Waals surface area contributed by atoms with E-state index in [-0.39, 0.29) is 5.91 Å². The Balaban J connectivity index is 2.64. The number of hydrogen-bond donors (Lipinski definition) is 2. The number of anilines is 1. The molecule has 19 heavy (non-hydrogen) atoms. The predicted octanol–water partition coefficient (Wildman–Crippen LogP) is 2.83. The first kappa shape index (κ1) is 15.3. The molecule has 4 heteroatoms. The second-order valence-electron chi connectivity index (χ2n) is 5.04. The largest absolute Gasteiger partial charge is 0.491 e. The number of hydrogen-bond acceptors (Lipinski definition) is 3. The third kappa shape index (κ3) is 5.20. The van der Waals surface area contributed by atoms with Gasteiger partial charge in [0.2, 0.25) is 0 Å². The van der Waals surface area contributed by atoms with Crippen molar-refractivity contribution < 1.29 is 9.53 Å². The molecular formula is C15H24N2O2. The van der Waals surface area contributed by atoms with E-state index in [1.807, 2.05) is 6.92 Å². The number of nitrogens with one attached hydrogen (secondary N) is 1. The van der Waals surface area contributed by atoms with Crippen LogP contribution in [-0.2, 0) is 0 Å². The van der Waals surface area contributed by atoms with E-state index in [2.05, 4.69) is 19.2 Å². The lowest BCUT2D eigenvalue weighted by molar-refractivity contribution is 0.0951. The van der Waals surface area contributed by atoms with Gasteiger partial charge in [-0.1, -0.05) is 20.8 Å². The monoisotopic (exact) mass is 264 g/mol. The van der Waals surface area contributed by atoms with Gasteiger partial charge in [-0.15, -0.1) is 0 Å². The summed E-state index contributed by atoms with van der Waals surface area (Å²) in [6.07, 6.45) is 1.88. The molecule has 0 heterocycles. The summed E-state index contributed by atoms with van der Waals surface area (Å²) in [5.41, 5.74) is 6.96. The normalized spacial score (nSPS) is 10.5. The van der Waals surface area contributed by atoms with Gasteiger partial charge in [-0.3, -0.25) is 4.79 Å². The van der Waals surface area contributed by atoms with Crippen LogP contribution >= 0.6 is 0 Å². The van der Waals surface area contributed by atoms with Crippen molar-refractivity contribution in [1.82, 2.24) is 5.32 Å². The van der Waals surface area contributed by atoms with Gasteiger partial charge in [-0.25, -0.2) is 0 Å². The van der Waals surface area contributed by atoms with Gasteiger partial charge in [0.05, 0.1) is 12.3 Å². The molecule has 0 bridgehead atoms. The molecule has 0 spiro atoms. The molecule has 0 aliphatic rings. The Kier molecular flexibility index (Phi) is 6.19. The van der Waals surface area contributed by atoms with Crippen molar-refractivity contribution in [3.05, 3.63) is 23.8 Å². The zero-order valence-electron chi connectivity index (χ0n) is 12.0. The lowest BCUT2D eigenvalue weighted by Gasteiger charge is -2.11. The molecule has 106 valence electrons. The first-order valence-electron chi connectivity index (χ1n) is 6.85. The fourth-order valence-electron chi connectivity index (χ4n) is 1.59. The number of rotatable bonds is 7. The minimum atomic E-state index is -0.0815. The van der Waals surface area contributed by atoms with Crippen LogP contribution in [0.1, 0.15) is 44.0 Å².